The molecule has 0 fully saturated rings. The maximum Gasteiger partial charge on any atom is 0.249 e. The van der Waals surface area contributed by atoms with Crippen LogP contribution in [0.1, 0.15) is 11.1 Å². The van der Waals surface area contributed by atoms with Crippen LogP contribution in [0.2, 0.25) is 0 Å². The topological polar surface area (TPSA) is 71.8 Å². The number of benzene rings is 1. The van der Waals surface area contributed by atoms with Crippen LogP contribution in [0.15, 0.2) is 42.7 Å². The molecule has 0 atom stereocenters. The zero-order valence-corrected chi connectivity index (χ0v) is 11.3. The maximum atomic E-state index is 13.9. The lowest BCUT2D eigenvalue weighted by molar-refractivity contribution is -0.112. The molecule has 1 amide bonds. The smallest absolute Gasteiger partial charge is 0.249 e. The van der Waals surface area contributed by atoms with Crippen LogP contribution in [0.5, 0.6) is 0 Å². The summed E-state index contributed by atoms with van der Waals surface area (Å²) in [5.74, 6) is -2.21. The fourth-order valence-corrected chi connectivity index (χ4v) is 2.24. The van der Waals surface area contributed by atoms with E-state index in [2.05, 4.69) is 9.97 Å². The Morgan fingerprint density at radius 1 is 1.27 bits per heavy atom. The molecule has 6 heteroatoms. The van der Waals surface area contributed by atoms with Crippen molar-refractivity contribution in [2.45, 2.75) is 0 Å². The van der Waals surface area contributed by atoms with E-state index in [9.17, 15) is 13.6 Å². The summed E-state index contributed by atoms with van der Waals surface area (Å²) in [6.45, 7) is 0. The molecule has 0 saturated heterocycles. The molecule has 1 aromatic carbocycles. The lowest BCUT2D eigenvalue weighted by atomic mass is 10.0. The van der Waals surface area contributed by atoms with Gasteiger partial charge in [0.05, 0.1) is 5.57 Å². The highest BCUT2D eigenvalue weighted by Crippen LogP contribution is 2.25. The number of hydrogen-bond acceptors (Lipinski definition) is 2. The Balaban J connectivity index is 2.19. The minimum absolute atomic E-state index is 0.109. The van der Waals surface area contributed by atoms with Crippen molar-refractivity contribution < 1.29 is 13.6 Å². The average Bonchev–Trinajstić information content (AvgIpc) is 2.90. The summed E-state index contributed by atoms with van der Waals surface area (Å²) in [6.07, 6.45) is 4.66. The van der Waals surface area contributed by atoms with Gasteiger partial charge in [0.15, 0.2) is 0 Å². The predicted molar refractivity (Wildman–Crippen MR) is 79.5 cm³/mol. The second-order valence-electron chi connectivity index (χ2n) is 4.69. The quantitative estimate of drug-likeness (QED) is 0.730. The van der Waals surface area contributed by atoms with E-state index in [-0.39, 0.29) is 11.1 Å². The van der Waals surface area contributed by atoms with Crippen molar-refractivity contribution in [2.24, 2.45) is 5.73 Å². The number of nitrogens with one attached hydrogen (secondary N) is 1. The van der Waals surface area contributed by atoms with E-state index in [1.165, 1.54) is 6.08 Å². The molecule has 0 radical (unpaired) electrons. The second-order valence-corrected chi connectivity index (χ2v) is 4.69. The first-order valence-electron chi connectivity index (χ1n) is 6.45. The number of fused-ring (bicyclic) bond motifs is 1. The first kappa shape index (κ1) is 13.9. The van der Waals surface area contributed by atoms with Gasteiger partial charge < -0.3 is 10.7 Å². The molecule has 2 heterocycles. The molecular weight excluding hydrogens is 288 g/mol. The van der Waals surface area contributed by atoms with Gasteiger partial charge in [0.1, 0.15) is 17.3 Å². The van der Waals surface area contributed by atoms with Gasteiger partial charge >= 0.3 is 0 Å². The first-order chi connectivity index (χ1) is 10.6. The van der Waals surface area contributed by atoms with Crippen LogP contribution in [0.3, 0.4) is 0 Å². The summed E-state index contributed by atoms with van der Waals surface area (Å²) in [5, 5.41) is 0.748. The van der Waals surface area contributed by atoms with Gasteiger partial charge in [-0.2, -0.15) is 0 Å². The first-order valence-corrected chi connectivity index (χ1v) is 6.45. The molecule has 3 rings (SSSR count). The number of primary amides is 1. The Morgan fingerprint density at radius 2 is 2.09 bits per heavy atom. The molecule has 0 aliphatic carbocycles. The molecule has 2 aromatic heterocycles. The number of amides is 1. The fraction of sp³-hybridized carbons (Fsp3) is 0. The molecule has 3 N–H and O–H groups in total. The molecule has 0 unspecified atom stereocenters. The van der Waals surface area contributed by atoms with Crippen LogP contribution < -0.4 is 5.73 Å². The number of aromatic nitrogens is 2. The van der Waals surface area contributed by atoms with Gasteiger partial charge in [-0.1, -0.05) is 0 Å². The number of hydrogen-bond donors (Lipinski definition) is 2. The molecule has 0 aliphatic heterocycles. The Morgan fingerprint density at radius 3 is 2.86 bits per heavy atom. The summed E-state index contributed by atoms with van der Waals surface area (Å²) >= 11 is 0. The van der Waals surface area contributed by atoms with E-state index < -0.39 is 17.5 Å². The number of H-pyrrole nitrogens is 1. The fourth-order valence-electron chi connectivity index (χ4n) is 2.24. The summed E-state index contributed by atoms with van der Waals surface area (Å²) < 4.78 is 27.2. The SMILES string of the molecule is NC(=O)/C(=C\c1c[nH]c2ncccc12)c1cc(F)ccc1F. The summed E-state index contributed by atoms with van der Waals surface area (Å²) in [4.78, 5) is 18.7. The van der Waals surface area contributed by atoms with E-state index >= 15 is 0 Å². The summed E-state index contributed by atoms with van der Waals surface area (Å²) in [7, 11) is 0. The van der Waals surface area contributed by atoms with Gasteiger partial charge in [0, 0.05) is 28.9 Å². The monoisotopic (exact) mass is 299 g/mol. The predicted octanol–water partition coefficient (Wildman–Crippen LogP) is 2.87. The number of halogens is 2. The molecule has 3 aromatic rings. The van der Waals surface area contributed by atoms with Crippen LogP contribution in [0, 0.1) is 11.6 Å². The number of rotatable bonds is 3. The zero-order valence-electron chi connectivity index (χ0n) is 11.3. The van der Waals surface area contributed by atoms with Crippen molar-refractivity contribution in [2.75, 3.05) is 0 Å². The molecule has 22 heavy (non-hydrogen) atoms. The van der Waals surface area contributed by atoms with Crippen molar-refractivity contribution in [3.63, 3.8) is 0 Å². The van der Waals surface area contributed by atoms with Crippen LogP contribution in [-0.2, 0) is 4.79 Å². The van der Waals surface area contributed by atoms with Gasteiger partial charge in [0.25, 0.3) is 0 Å². The average molecular weight is 299 g/mol. The third-order valence-electron chi connectivity index (χ3n) is 3.27. The van der Waals surface area contributed by atoms with Gasteiger partial charge in [-0.25, -0.2) is 13.8 Å². The van der Waals surface area contributed by atoms with E-state index in [0.29, 0.717) is 11.2 Å². The van der Waals surface area contributed by atoms with Gasteiger partial charge in [-0.05, 0) is 36.4 Å². The van der Waals surface area contributed by atoms with Gasteiger partial charge in [0.2, 0.25) is 5.91 Å². The minimum atomic E-state index is -0.845. The molecule has 0 saturated carbocycles. The summed E-state index contributed by atoms with van der Waals surface area (Å²) in [6, 6.07) is 6.41. The van der Waals surface area contributed by atoms with Crippen LogP contribution in [0.25, 0.3) is 22.7 Å². The second kappa shape index (κ2) is 5.40. The van der Waals surface area contributed by atoms with Crippen LogP contribution >= 0.6 is 0 Å². The molecule has 4 nitrogen and oxygen atoms in total. The van der Waals surface area contributed by atoms with E-state index in [0.717, 1.165) is 23.6 Å². The normalized spacial score (nSPS) is 11.8. The Kier molecular flexibility index (Phi) is 3.42. The van der Waals surface area contributed by atoms with Crippen molar-refractivity contribution >= 4 is 28.6 Å². The Labute approximate surface area is 124 Å². The number of pyridine rings is 1. The standard InChI is InChI=1S/C16H11F2N3O/c17-10-3-4-14(18)12(7-10)13(15(19)22)6-9-8-21-16-11(9)2-1-5-20-16/h1-8H,(H2,19,22)(H,20,21)/b13-6-. The Bertz CT molecular complexity index is 899. The third kappa shape index (κ3) is 2.46. The largest absolute Gasteiger partial charge is 0.366 e. The van der Waals surface area contributed by atoms with Crippen molar-refractivity contribution in [1.29, 1.82) is 0 Å². The zero-order chi connectivity index (χ0) is 15.7. The van der Waals surface area contributed by atoms with E-state index in [1.807, 2.05) is 0 Å². The van der Waals surface area contributed by atoms with Gasteiger partial charge in [-0.3, -0.25) is 4.79 Å². The van der Waals surface area contributed by atoms with Crippen molar-refractivity contribution in [1.82, 2.24) is 9.97 Å². The number of carbonyl (C=O) groups is 1. The number of nitrogens with two attached hydrogens (primary N) is 1. The van der Waals surface area contributed by atoms with Crippen LogP contribution in [-0.4, -0.2) is 15.9 Å². The van der Waals surface area contributed by atoms with Crippen molar-refractivity contribution in [3.05, 3.63) is 65.5 Å². The highest BCUT2D eigenvalue weighted by atomic mass is 19.1. The minimum Gasteiger partial charge on any atom is -0.366 e. The van der Waals surface area contributed by atoms with E-state index in [4.69, 9.17) is 5.73 Å². The highest BCUT2D eigenvalue weighted by Gasteiger charge is 2.15. The van der Waals surface area contributed by atoms with Gasteiger partial charge in [-0.15, -0.1) is 0 Å². The molecule has 0 bridgehead atoms. The molecule has 0 spiro atoms. The lowest BCUT2D eigenvalue weighted by Gasteiger charge is -2.05. The van der Waals surface area contributed by atoms with E-state index in [1.54, 1.807) is 24.5 Å². The third-order valence-corrected chi connectivity index (χ3v) is 3.27. The Hall–Kier alpha value is -3.02. The summed E-state index contributed by atoms with van der Waals surface area (Å²) in [5.41, 5.74) is 6.28. The van der Waals surface area contributed by atoms with Crippen LogP contribution in [0.4, 0.5) is 8.78 Å². The number of carbonyl (C=O) groups excluding carboxylic acids is 1. The number of aromatic amines is 1. The molecule has 110 valence electrons. The molecule has 0 aliphatic rings. The highest BCUT2D eigenvalue weighted by molar-refractivity contribution is 6.24. The molecular formula is C16H11F2N3O. The number of nitrogens with zero attached hydrogens (tertiary/aromatic N) is 1. The maximum absolute atomic E-state index is 13.9. The van der Waals surface area contributed by atoms with Crippen molar-refractivity contribution in [3.8, 4) is 0 Å². The lowest BCUT2D eigenvalue weighted by Crippen LogP contribution is -2.14.